The molecule has 0 fully saturated rings. The average molecular weight is 277 g/mol. The number of hydrogen-bond donors (Lipinski definition) is 3. The Labute approximate surface area is 119 Å². The van der Waals surface area contributed by atoms with Gasteiger partial charge in [0.25, 0.3) is 0 Å². The van der Waals surface area contributed by atoms with E-state index in [1.54, 1.807) is 6.20 Å². The summed E-state index contributed by atoms with van der Waals surface area (Å²) >= 11 is 0. The third-order valence-corrected chi connectivity index (χ3v) is 2.61. The molecular weight excluding hydrogens is 254 g/mol. The summed E-state index contributed by atoms with van der Waals surface area (Å²) in [5.74, 6) is 0.376. The topological polar surface area (TPSA) is 92.4 Å². The number of nitrogens with zero attached hydrogens (tertiary/aromatic N) is 2. The summed E-state index contributed by atoms with van der Waals surface area (Å²) in [6.07, 6.45) is 3.85. The van der Waals surface area contributed by atoms with E-state index in [9.17, 15) is 4.79 Å². The smallest absolute Gasteiger partial charge is 0.221 e. The van der Waals surface area contributed by atoms with Crippen LogP contribution >= 0.6 is 0 Å². The monoisotopic (exact) mass is 277 g/mol. The molecule has 4 N–H and O–H groups in total. The second-order valence-corrected chi connectivity index (χ2v) is 4.36. The predicted octanol–water partition coefficient (Wildman–Crippen LogP) is 0.445. The number of aliphatic imine (C=N–C) groups is 1. The molecule has 0 radical (unpaired) electrons. The Hall–Kier alpha value is -2.11. The Kier molecular flexibility index (Phi) is 7.79. The lowest BCUT2D eigenvalue weighted by Gasteiger charge is -2.05. The first-order valence-electron chi connectivity index (χ1n) is 6.92. The van der Waals surface area contributed by atoms with Crippen LogP contribution in [0, 0.1) is 0 Å². The van der Waals surface area contributed by atoms with Gasteiger partial charge in [-0.1, -0.05) is 13.0 Å². The van der Waals surface area contributed by atoms with Crippen LogP contribution in [0.3, 0.4) is 0 Å². The molecule has 20 heavy (non-hydrogen) atoms. The fraction of sp³-hybridized carbons (Fsp3) is 0.500. The Morgan fingerprint density at radius 1 is 1.35 bits per heavy atom. The van der Waals surface area contributed by atoms with Crippen molar-refractivity contribution in [2.75, 3.05) is 19.6 Å². The van der Waals surface area contributed by atoms with Crippen molar-refractivity contribution >= 4 is 11.9 Å². The molecule has 0 bridgehead atoms. The van der Waals surface area contributed by atoms with E-state index in [1.807, 2.05) is 25.1 Å². The molecule has 0 spiro atoms. The zero-order valence-corrected chi connectivity index (χ0v) is 11.9. The van der Waals surface area contributed by atoms with Crippen molar-refractivity contribution in [3.05, 3.63) is 30.1 Å². The van der Waals surface area contributed by atoms with E-state index in [4.69, 9.17) is 5.73 Å². The van der Waals surface area contributed by atoms with Crippen molar-refractivity contribution in [1.82, 2.24) is 15.6 Å². The van der Waals surface area contributed by atoms with Crippen LogP contribution in [0.15, 0.2) is 29.4 Å². The molecule has 0 aromatic carbocycles. The lowest BCUT2D eigenvalue weighted by Crippen LogP contribution is -2.34. The molecule has 0 aliphatic heterocycles. The standard InChI is InChI=1S/C14H23N5O/c1-2-8-17-13(20)7-11-19-14(15)18-10-6-12-5-3-4-9-16-12/h3-5,9H,2,6-8,10-11H2,1H3,(H,17,20)(H3,15,18,19). The van der Waals surface area contributed by atoms with Crippen LogP contribution in [0.25, 0.3) is 0 Å². The van der Waals surface area contributed by atoms with Gasteiger partial charge >= 0.3 is 0 Å². The van der Waals surface area contributed by atoms with Gasteiger partial charge in [0.05, 0.1) is 6.54 Å². The summed E-state index contributed by atoms with van der Waals surface area (Å²) in [4.78, 5) is 19.7. The third kappa shape index (κ3) is 7.35. The molecule has 1 rings (SSSR count). The normalized spacial score (nSPS) is 11.2. The number of carbonyl (C=O) groups is 1. The molecule has 1 aromatic rings. The molecule has 0 saturated heterocycles. The van der Waals surface area contributed by atoms with Gasteiger partial charge in [0.1, 0.15) is 0 Å². The highest BCUT2D eigenvalue weighted by molar-refractivity contribution is 5.79. The average Bonchev–Trinajstić information content (AvgIpc) is 2.46. The molecule has 1 amide bonds. The van der Waals surface area contributed by atoms with Crippen LogP contribution in [0.5, 0.6) is 0 Å². The molecule has 0 saturated carbocycles. The summed E-state index contributed by atoms with van der Waals surface area (Å²) in [6, 6.07) is 5.80. The molecule has 110 valence electrons. The van der Waals surface area contributed by atoms with Crippen LogP contribution in [-0.2, 0) is 11.2 Å². The van der Waals surface area contributed by atoms with E-state index in [-0.39, 0.29) is 5.91 Å². The van der Waals surface area contributed by atoms with E-state index in [0.717, 1.165) is 18.5 Å². The van der Waals surface area contributed by atoms with Gasteiger partial charge in [0, 0.05) is 37.8 Å². The molecule has 6 heteroatoms. The molecule has 0 unspecified atom stereocenters. The van der Waals surface area contributed by atoms with Gasteiger partial charge in [-0.25, -0.2) is 0 Å². The van der Waals surface area contributed by atoms with E-state index in [0.29, 0.717) is 32.0 Å². The summed E-state index contributed by atoms with van der Waals surface area (Å²) in [5, 5.41) is 5.80. The van der Waals surface area contributed by atoms with Crippen molar-refractivity contribution in [3.63, 3.8) is 0 Å². The lowest BCUT2D eigenvalue weighted by molar-refractivity contribution is -0.120. The molecule has 0 aliphatic carbocycles. The maximum atomic E-state index is 11.3. The molecule has 1 heterocycles. The molecule has 0 aliphatic rings. The number of hydrogen-bond acceptors (Lipinski definition) is 3. The quantitative estimate of drug-likeness (QED) is 0.475. The highest BCUT2D eigenvalue weighted by Crippen LogP contribution is 1.92. The van der Waals surface area contributed by atoms with Crippen molar-refractivity contribution in [2.24, 2.45) is 10.7 Å². The van der Waals surface area contributed by atoms with E-state index < -0.39 is 0 Å². The fourth-order valence-corrected chi connectivity index (χ4v) is 1.55. The first kappa shape index (κ1) is 15.9. The van der Waals surface area contributed by atoms with Crippen LogP contribution in [0.1, 0.15) is 25.5 Å². The Morgan fingerprint density at radius 2 is 2.20 bits per heavy atom. The van der Waals surface area contributed by atoms with E-state index in [2.05, 4.69) is 20.6 Å². The Bertz CT molecular complexity index is 419. The van der Waals surface area contributed by atoms with Gasteiger partial charge in [-0.3, -0.25) is 14.8 Å². The van der Waals surface area contributed by atoms with Gasteiger partial charge in [-0.05, 0) is 18.6 Å². The Balaban J connectivity index is 2.14. The maximum Gasteiger partial charge on any atom is 0.221 e. The predicted molar refractivity (Wildman–Crippen MR) is 80.4 cm³/mol. The zero-order chi connectivity index (χ0) is 14.6. The number of nitrogens with two attached hydrogens (primary N) is 1. The van der Waals surface area contributed by atoms with Gasteiger partial charge < -0.3 is 16.4 Å². The second-order valence-electron chi connectivity index (χ2n) is 4.36. The molecule has 1 aromatic heterocycles. The summed E-state index contributed by atoms with van der Waals surface area (Å²) in [6.45, 7) is 3.80. The van der Waals surface area contributed by atoms with Gasteiger partial charge in [0.2, 0.25) is 5.91 Å². The first-order valence-corrected chi connectivity index (χ1v) is 6.92. The highest BCUT2D eigenvalue weighted by Gasteiger charge is 1.99. The molecule has 0 atom stereocenters. The van der Waals surface area contributed by atoms with Crippen LogP contribution < -0.4 is 16.4 Å². The number of aromatic nitrogens is 1. The molecular formula is C14H23N5O. The number of guanidine groups is 1. The van der Waals surface area contributed by atoms with Crippen LogP contribution in [0.4, 0.5) is 0 Å². The number of pyridine rings is 1. The van der Waals surface area contributed by atoms with Crippen LogP contribution in [-0.4, -0.2) is 36.5 Å². The van der Waals surface area contributed by atoms with Gasteiger partial charge in [-0.2, -0.15) is 0 Å². The van der Waals surface area contributed by atoms with Gasteiger partial charge in [0.15, 0.2) is 5.96 Å². The second kappa shape index (κ2) is 9.77. The van der Waals surface area contributed by atoms with Crippen LogP contribution in [0.2, 0.25) is 0 Å². The van der Waals surface area contributed by atoms with E-state index in [1.165, 1.54) is 0 Å². The summed E-state index contributed by atoms with van der Waals surface area (Å²) in [7, 11) is 0. The van der Waals surface area contributed by atoms with Gasteiger partial charge in [-0.15, -0.1) is 0 Å². The maximum absolute atomic E-state index is 11.3. The first-order chi connectivity index (χ1) is 9.72. The van der Waals surface area contributed by atoms with Crippen molar-refractivity contribution in [2.45, 2.75) is 26.2 Å². The van der Waals surface area contributed by atoms with Crippen molar-refractivity contribution < 1.29 is 4.79 Å². The summed E-state index contributed by atoms with van der Waals surface area (Å²) < 4.78 is 0. The summed E-state index contributed by atoms with van der Waals surface area (Å²) in [5.41, 5.74) is 6.72. The van der Waals surface area contributed by atoms with E-state index >= 15 is 0 Å². The minimum atomic E-state index is 0.0110. The lowest BCUT2D eigenvalue weighted by atomic mass is 10.3. The minimum Gasteiger partial charge on any atom is -0.370 e. The number of amides is 1. The fourth-order valence-electron chi connectivity index (χ4n) is 1.55. The Morgan fingerprint density at radius 3 is 2.90 bits per heavy atom. The number of rotatable bonds is 8. The van der Waals surface area contributed by atoms with Crippen molar-refractivity contribution in [1.29, 1.82) is 0 Å². The third-order valence-electron chi connectivity index (χ3n) is 2.61. The SMILES string of the molecule is CCCNC(=O)CCN=C(N)NCCc1ccccn1. The minimum absolute atomic E-state index is 0.0110. The largest absolute Gasteiger partial charge is 0.370 e. The molecule has 6 nitrogen and oxygen atoms in total. The zero-order valence-electron chi connectivity index (χ0n) is 11.9. The van der Waals surface area contributed by atoms with Crippen molar-refractivity contribution in [3.8, 4) is 0 Å². The number of carbonyl (C=O) groups excluding carboxylic acids is 1. The highest BCUT2D eigenvalue weighted by atomic mass is 16.1. The number of nitrogens with one attached hydrogen (secondary N) is 2.